The van der Waals surface area contributed by atoms with Crippen LogP contribution in [0.2, 0.25) is 0 Å². The van der Waals surface area contributed by atoms with Gasteiger partial charge in [0, 0.05) is 11.2 Å². The van der Waals surface area contributed by atoms with Crippen LogP contribution in [0.5, 0.6) is 0 Å². The second-order valence-electron chi connectivity index (χ2n) is 3.56. The van der Waals surface area contributed by atoms with Crippen LogP contribution >= 0.6 is 0 Å². The maximum atomic E-state index is 11.9. The van der Waals surface area contributed by atoms with Gasteiger partial charge in [-0.2, -0.15) is 4.21 Å². The molecule has 0 spiro atoms. The van der Waals surface area contributed by atoms with Crippen LogP contribution in [-0.4, -0.2) is 38.6 Å². The number of carbonyl (C=O) groups excluding carboxylic acids is 2. The van der Waals surface area contributed by atoms with Crippen molar-refractivity contribution in [1.82, 2.24) is 4.90 Å². The standard InChI is InChI=1S/C10H9NO5S2/c12-9-7-3-1-2-4-8(7)10(13)11(9)5-6-16-18(14,15)17/h1-4H,5-6H2,(H,14,15,17). The Morgan fingerprint density at radius 1 is 1.22 bits per heavy atom. The quantitative estimate of drug-likeness (QED) is 0.809. The van der Waals surface area contributed by atoms with Gasteiger partial charge < -0.3 is 0 Å². The average molecular weight is 287 g/mol. The molecule has 0 radical (unpaired) electrons. The number of benzene rings is 1. The summed E-state index contributed by atoms with van der Waals surface area (Å²) in [5.41, 5.74) is 0.649. The number of carbonyl (C=O) groups is 2. The molecular weight excluding hydrogens is 278 g/mol. The first-order valence-electron chi connectivity index (χ1n) is 4.97. The maximum absolute atomic E-state index is 11.9. The molecular formula is C10H9NO5S2. The third kappa shape index (κ3) is 2.56. The molecule has 2 amide bonds. The lowest BCUT2D eigenvalue weighted by Gasteiger charge is -2.12. The number of imide groups is 1. The number of nitrogens with zero attached hydrogens (tertiary/aromatic N) is 1. The van der Waals surface area contributed by atoms with E-state index in [2.05, 4.69) is 15.4 Å². The molecule has 6 nitrogen and oxygen atoms in total. The van der Waals surface area contributed by atoms with Crippen molar-refractivity contribution in [3.8, 4) is 0 Å². The number of hydrogen-bond acceptors (Lipinski definition) is 5. The molecule has 0 saturated heterocycles. The van der Waals surface area contributed by atoms with Gasteiger partial charge in [-0.15, -0.1) is 0 Å². The molecule has 18 heavy (non-hydrogen) atoms. The summed E-state index contributed by atoms with van der Waals surface area (Å²) >= 11 is 4.13. The van der Waals surface area contributed by atoms with Crippen LogP contribution < -0.4 is 0 Å². The minimum absolute atomic E-state index is 0.111. The molecule has 1 aromatic carbocycles. The van der Waals surface area contributed by atoms with Crippen molar-refractivity contribution >= 4 is 32.1 Å². The molecule has 1 unspecified atom stereocenters. The Morgan fingerprint density at radius 3 is 2.17 bits per heavy atom. The van der Waals surface area contributed by atoms with Gasteiger partial charge in [-0.1, -0.05) is 12.1 Å². The summed E-state index contributed by atoms with van der Waals surface area (Å²) < 4.78 is 23.9. The molecule has 2 rings (SSSR count). The molecule has 0 fully saturated rings. The molecule has 1 N–H and O–H groups in total. The van der Waals surface area contributed by atoms with Gasteiger partial charge in [0.2, 0.25) is 0 Å². The molecule has 96 valence electrons. The zero-order chi connectivity index (χ0) is 13.3. The number of amides is 2. The first-order chi connectivity index (χ1) is 8.40. The zero-order valence-electron chi connectivity index (χ0n) is 9.07. The van der Waals surface area contributed by atoms with Crippen molar-refractivity contribution in [2.45, 2.75) is 0 Å². The third-order valence-corrected chi connectivity index (χ3v) is 3.18. The van der Waals surface area contributed by atoms with Crippen LogP contribution in [0.25, 0.3) is 0 Å². The van der Waals surface area contributed by atoms with Crippen LogP contribution in [-0.2, 0) is 24.4 Å². The third-order valence-electron chi connectivity index (χ3n) is 2.43. The minimum Gasteiger partial charge on any atom is -0.285 e. The molecule has 1 atom stereocenters. The topological polar surface area (TPSA) is 83.9 Å². The second kappa shape index (κ2) is 4.73. The van der Waals surface area contributed by atoms with Gasteiger partial charge in [-0.3, -0.25) is 23.2 Å². The number of fused-ring (bicyclic) bond motifs is 1. The fourth-order valence-corrected chi connectivity index (χ4v) is 2.17. The van der Waals surface area contributed by atoms with Crippen molar-refractivity contribution in [3.63, 3.8) is 0 Å². The SMILES string of the molecule is O=C1c2ccccc2C(=O)N1CCOS(=O)(O)=S. The molecule has 8 heteroatoms. The Balaban J connectivity index is 2.10. The van der Waals surface area contributed by atoms with E-state index < -0.39 is 20.9 Å². The minimum atomic E-state index is -3.73. The Morgan fingerprint density at radius 2 is 1.72 bits per heavy atom. The predicted octanol–water partition coefficient (Wildman–Crippen LogP) is 0.434. The Labute approximate surface area is 108 Å². The van der Waals surface area contributed by atoms with E-state index in [1.165, 1.54) is 0 Å². The lowest BCUT2D eigenvalue weighted by Crippen LogP contribution is -2.33. The van der Waals surface area contributed by atoms with E-state index in [1.54, 1.807) is 24.3 Å². The number of hydrogen-bond donors (Lipinski definition) is 1. The molecule has 1 aromatic rings. The van der Waals surface area contributed by atoms with Gasteiger partial charge in [-0.05, 0) is 12.1 Å². The molecule has 1 aliphatic heterocycles. The fourth-order valence-electron chi connectivity index (χ4n) is 1.68. The normalized spacial score (nSPS) is 17.7. The van der Waals surface area contributed by atoms with E-state index in [9.17, 15) is 13.8 Å². The van der Waals surface area contributed by atoms with E-state index in [4.69, 9.17) is 4.55 Å². The van der Waals surface area contributed by atoms with Crippen LogP contribution in [0.1, 0.15) is 20.7 Å². The Kier molecular flexibility index (Phi) is 3.44. The van der Waals surface area contributed by atoms with Crippen molar-refractivity contribution in [1.29, 1.82) is 0 Å². The van der Waals surface area contributed by atoms with Crippen molar-refractivity contribution in [2.24, 2.45) is 0 Å². The Bertz CT molecular complexity index is 575. The van der Waals surface area contributed by atoms with E-state index in [1.807, 2.05) is 0 Å². The summed E-state index contributed by atoms with van der Waals surface area (Å²) in [5.74, 6) is -0.874. The van der Waals surface area contributed by atoms with Crippen LogP contribution in [0, 0.1) is 0 Å². The van der Waals surface area contributed by atoms with Crippen molar-refractivity contribution in [2.75, 3.05) is 13.2 Å². The summed E-state index contributed by atoms with van der Waals surface area (Å²) in [6.07, 6.45) is 0. The summed E-state index contributed by atoms with van der Waals surface area (Å²) in [6, 6.07) is 6.43. The van der Waals surface area contributed by atoms with E-state index in [-0.39, 0.29) is 13.2 Å². The van der Waals surface area contributed by atoms with Gasteiger partial charge in [0.05, 0.1) is 24.3 Å². The largest absolute Gasteiger partial charge is 0.285 e. The van der Waals surface area contributed by atoms with Crippen molar-refractivity contribution in [3.05, 3.63) is 35.4 Å². The van der Waals surface area contributed by atoms with Gasteiger partial charge in [0.15, 0.2) is 0 Å². The summed E-state index contributed by atoms with van der Waals surface area (Å²) in [4.78, 5) is 24.7. The Hall–Kier alpha value is -1.35. The molecule has 0 bridgehead atoms. The van der Waals surface area contributed by atoms with Gasteiger partial charge >= 0.3 is 0 Å². The predicted molar refractivity (Wildman–Crippen MR) is 65.9 cm³/mol. The average Bonchev–Trinajstić information content (AvgIpc) is 2.53. The fraction of sp³-hybridized carbons (Fsp3) is 0.200. The lowest BCUT2D eigenvalue weighted by atomic mass is 10.1. The summed E-state index contributed by atoms with van der Waals surface area (Å²) in [5, 5.41) is 0. The number of rotatable bonds is 4. The van der Waals surface area contributed by atoms with E-state index in [0.717, 1.165) is 4.90 Å². The van der Waals surface area contributed by atoms with Gasteiger partial charge in [0.1, 0.15) is 0 Å². The smallest absolute Gasteiger partial charge is 0.266 e. The van der Waals surface area contributed by atoms with Crippen LogP contribution in [0.4, 0.5) is 0 Å². The van der Waals surface area contributed by atoms with Crippen LogP contribution in [0.3, 0.4) is 0 Å². The van der Waals surface area contributed by atoms with Crippen LogP contribution in [0.15, 0.2) is 24.3 Å². The first-order valence-corrected chi connectivity index (χ1v) is 7.34. The van der Waals surface area contributed by atoms with Crippen molar-refractivity contribution < 1.29 is 22.5 Å². The highest BCUT2D eigenvalue weighted by atomic mass is 32.9. The van der Waals surface area contributed by atoms with E-state index in [0.29, 0.717) is 11.1 Å². The maximum Gasteiger partial charge on any atom is 0.266 e. The molecule has 0 saturated carbocycles. The highest BCUT2D eigenvalue weighted by Gasteiger charge is 2.34. The molecule has 1 aliphatic rings. The molecule has 0 aromatic heterocycles. The van der Waals surface area contributed by atoms with Gasteiger partial charge in [-0.25, -0.2) is 0 Å². The first kappa shape index (κ1) is 13.1. The lowest BCUT2D eigenvalue weighted by molar-refractivity contribution is 0.0631. The van der Waals surface area contributed by atoms with Gasteiger partial charge in [0.25, 0.3) is 20.9 Å². The monoisotopic (exact) mass is 287 g/mol. The second-order valence-corrected chi connectivity index (χ2v) is 5.91. The summed E-state index contributed by atoms with van der Waals surface area (Å²) in [6.45, 7) is -0.384. The zero-order valence-corrected chi connectivity index (χ0v) is 10.7. The summed E-state index contributed by atoms with van der Waals surface area (Å²) in [7, 11) is -3.73. The highest BCUT2D eigenvalue weighted by molar-refractivity contribution is 8.27. The highest BCUT2D eigenvalue weighted by Crippen LogP contribution is 2.21. The molecule has 1 heterocycles. The molecule has 0 aliphatic carbocycles. The van der Waals surface area contributed by atoms with E-state index >= 15 is 0 Å².